The van der Waals surface area contributed by atoms with E-state index in [9.17, 15) is 0 Å². The maximum absolute atomic E-state index is 9.09. The van der Waals surface area contributed by atoms with Crippen molar-refractivity contribution in [1.82, 2.24) is 0 Å². The van der Waals surface area contributed by atoms with Crippen molar-refractivity contribution in [3.05, 3.63) is 10.3 Å². The lowest BCUT2D eigenvalue weighted by Gasteiger charge is -2.12. The van der Waals surface area contributed by atoms with Crippen LogP contribution >= 0.6 is 23.5 Å². The molecule has 21 heavy (non-hydrogen) atoms. The number of nitriles is 1. The van der Waals surface area contributed by atoms with Gasteiger partial charge in [0.2, 0.25) is 0 Å². The van der Waals surface area contributed by atoms with E-state index in [-0.39, 0.29) is 4.75 Å². The van der Waals surface area contributed by atoms with Crippen LogP contribution in [0.1, 0.15) is 84.5 Å². The van der Waals surface area contributed by atoms with Gasteiger partial charge in [-0.3, -0.25) is 0 Å². The molecule has 0 spiro atoms. The summed E-state index contributed by atoms with van der Waals surface area (Å²) in [6.07, 6.45) is 17.2. The van der Waals surface area contributed by atoms with Gasteiger partial charge in [0.05, 0.1) is 6.07 Å². The molecule has 0 bridgehead atoms. The summed E-state index contributed by atoms with van der Waals surface area (Å²) < 4.78 is 1.18. The lowest BCUT2D eigenvalue weighted by molar-refractivity contribution is 0.563. The summed E-state index contributed by atoms with van der Waals surface area (Å²) in [7, 11) is 0. The summed E-state index contributed by atoms with van der Waals surface area (Å²) in [4.78, 5) is 0. The van der Waals surface area contributed by atoms with Crippen molar-refractivity contribution in [2.75, 3.05) is 5.75 Å². The predicted octanol–water partition coefficient (Wildman–Crippen LogP) is 6.90. The van der Waals surface area contributed by atoms with Crippen molar-refractivity contribution in [2.24, 2.45) is 0 Å². The van der Waals surface area contributed by atoms with E-state index in [4.69, 9.17) is 5.26 Å². The lowest BCUT2D eigenvalue weighted by atomic mass is 10.1. The number of hydrogen-bond donors (Lipinski definition) is 0. The van der Waals surface area contributed by atoms with Crippen LogP contribution in [-0.4, -0.2) is 10.5 Å². The van der Waals surface area contributed by atoms with Crippen LogP contribution < -0.4 is 0 Å². The van der Waals surface area contributed by atoms with Crippen LogP contribution in [0.15, 0.2) is 10.3 Å². The van der Waals surface area contributed by atoms with Crippen molar-refractivity contribution in [3.63, 3.8) is 0 Å². The fraction of sp³-hybridized carbons (Fsp3) is 0.833. The zero-order valence-corrected chi connectivity index (χ0v) is 15.5. The monoisotopic (exact) mass is 325 g/mol. The fourth-order valence-corrected chi connectivity index (χ4v) is 5.11. The fourth-order valence-electron chi connectivity index (χ4n) is 2.50. The van der Waals surface area contributed by atoms with E-state index in [1.165, 1.54) is 74.2 Å². The summed E-state index contributed by atoms with van der Waals surface area (Å²) in [5.74, 6) is 1.22. The molecule has 1 atom stereocenters. The Morgan fingerprint density at radius 3 is 2.19 bits per heavy atom. The third-order valence-corrected chi connectivity index (χ3v) is 6.59. The highest BCUT2D eigenvalue weighted by Gasteiger charge is 2.30. The first kappa shape index (κ1) is 19.0. The van der Waals surface area contributed by atoms with Crippen LogP contribution in [0.25, 0.3) is 0 Å². The second kappa shape index (κ2) is 11.5. The molecule has 0 aromatic carbocycles. The number of hydrogen-bond acceptors (Lipinski definition) is 3. The standard InChI is InChI=1S/C18H31NS2/c1-3-4-5-6-7-8-9-10-11-12-15-20-17-13-14-18(2,16-19)21-17/h13H,3-12,14-15H2,1-2H3. The number of rotatable bonds is 12. The SMILES string of the molecule is CCCCCCCCCCCCSC1=CCC(C)(C#N)S1. The van der Waals surface area contributed by atoms with Gasteiger partial charge in [-0.25, -0.2) is 0 Å². The minimum atomic E-state index is -0.194. The molecular weight excluding hydrogens is 294 g/mol. The quantitative estimate of drug-likeness (QED) is 0.365. The van der Waals surface area contributed by atoms with E-state index in [1.807, 2.05) is 18.7 Å². The topological polar surface area (TPSA) is 23.8 Å². The van der Waals surface area contributed by atoms with E-state index in [0.717, 1.165) is 6.42 Å². The average Bonchev–Trinajstić information content (AvgIpc) is 2.87. The molecule has 0 fully saturated rings. The Morgan fingerprint density at radius 2 is 1.67 bits per heavy atom. The van der Waals surface area contributed by atoms with Gasteiger partial charge in [-0.1, -0.05) is 82.5 Å². The van der Waals surface area contributed by atoms with Crippen molar-refractivity contribution in [1.29, 1.82) is 5.26 Å². The van der Waals surface area contributed by atoms with Crippen LogP contribution in [0, 0.1) is 11.3 Å². The van der Waals surface area contributed by atoms with Gasteiger partial charge in [-0.05, 0) is 25.5 Å². The normalized spacial score (nSPS) is 21.3. The predicted molar refractivity (Wildman–Crippen MR) is 98.6 cm³/mol. The van der Waals surface area contributed by atoms with Crippen molar-refractivity contribution < 1.29 is 0 Å². The highest BCUT2D eigenvalue weighted by atomic mass is 32.2. The van der Waals surface area contributed by atoms with Gasteiger partial charge in [0.25, 0.3) is 0 Å². The molecule has 1 aliphatic heterocycles. The molecule has 3 heteroatoms. The van der Waals surface area contributed by atoms with Gasteiger partial charge in [0.15, 0.2) is 0 Å². The Balaban J connectivity index is 1.85. The molecule has 0 radical (unpaired) electrons. The van der Waals surface area contributed by atoms with Crippen LogP contribution in [0.3, 0.4) is 0 Å². The third kappa shape index (κ3) is 8.83. The molecule has 0 aromatic rings. The summed E-state index contributed by atoms with van der Waals surface area (Å²) in [5.41, 5.74) is 0. The number of unbranched alkanes of at least 4 members (excludes halogenated alkanes) is 9. The second-order valence-electron chi connectivity index (χ2n) is 6.20. The average molecular weight is 326 g/mol. The first-order valence-corrected chi connectivity index (χ1v) is 10.4. The zero-order chi connectivity index (χ0) is 15.4. The Kier molecular flexibility index (Phi) is 10.4. The summed E-state index contributed by atoms with van der Waals surface area (Å²) in [6.45, 7) is 4.32. The Hall–Kier alpha value is -0.0700. The summed E-state index contributed by atoms with van der Waals surface area (Å²) in [5, 5.41) is 9.09. The molecule has 0 amide bonds. The van der Waals surface area contributed by atoms with E-state index in [1.54, 1.807) is 11.8 Å². The molecular formula is C18H31NS2. The van der Waals surface area contributed by atoms with Gasteiger partial charge >= 0.3 is 0 Å². The first-order chi connectivity index (χ1) is 10.2. The minimum absolute atomic E-state index is 0.194. The Morgan fingerprint density at radius 1 is 1.10 bits per heavy atom. The molecule has 0 N–H and O–H groups in total. The van der Waals surface area contributed by atoms with E-state index in [0.29, 0.717) is 0 Å². The molecule has 0 aliphatic carbocycles. The molecule has 0 saturated heterocycles. The van der Waals surface area contributed by atoms with Crippen molar-refractivity contribution in [2.45, 2.75) is 89.2 Å². The van der Waals surface area contributed by atoms with Gasteiger partial charge in [-0.15, -0.1) is 11.8 Å². The number of thioether (sulfide) groups is 2. The van der Waals surface area contributed by atoms with Crippen molar-refractivity contribution in [3.8, 4) is 6.07 Å². The van der Waals surface area contributed by atoms with Crippen molar-refractivity contribution >= 4 is 23.5 Å². The molecule has 1 unspecified atom stereocenters. The Labute approximate surface area is 140 Å². The van der Waals surface area contributed by atoms with Crippen LogP contribution in [0.4, 0.5) is 0 Å². The van der Waals surface area contributed by atoms with E-state index >= 15 is 0 Å². The van der Waals surface area contributed by atoms with Crippen LogP contribution in [0.2, 0.25) is 0 Å². The first-order valence-electron chi connectivity index (χ1n) is 8.63. The smallest absolute Gasteiger partial charge is 0.108 e. The Bertz CT molecular complexity index is 346. The van der Waals surface area contributed by atoms with E-state index in [2.05, 4.69) is 19.1 Å². The number of nitrogens with zero attached hydrogens (tertiary/aromatic N) is 1. The van der Waals surface area contributed by atoms with Gasteiger partial charge in [-0.2, -0.15) is 5.26 Å². The summed E-state index contributed by atoms with van der Waals surface area (Å²) in [6, 6.07) is 2.41. The molecule has 120 valence electrons. The highest BCUT2D eigenvalue weighted by Crippen LogP contribution is 2.46. The van der Waals surface area contributed by atoms with Gasteiger partial charge < -0.3 is 0 Å². The molecule has 1 nitrogen and oxygen atoms in total. The second-order valence-corrected chi connectivity index (χ2v) is 9.14. The zero-order valence-electron chi connectivity index (χ0n) is 13.8. The molecule has 0 aromatic heterocycles. The van der Waals surface area contributed by atoms with E-state index < -0.39 is 0 Å². The largest absolute Gasteiger partial charge is 0.197 e. The number of allylic oxidation sites excluding steroid dienone is 1. The minimum Gasteiger partial charge on any atom is -0.197 e. The van der Waals surface area contributed by atoms with Gasteiger partial charge in [0, 0.05) is 4.24 Å². The van der Waals surface area contributed by atoms with Crippen LogP contribution in [-0.2, 0) is 0 Å². The maximum Gasteiger partial charge on any atom is 0.108 e. The van der Waals surface area contributed by atoms with Crippen LogP contribution in [0.5, 0.6) is 0 Å². The molecule has 1 rings (SSSR count). The summed E-state index contributed by atoms with van der Waals surface area (Å²) >= 11 is 3.71. The lowest BCUT2D eigenvalue weighted by Crippen LogP contribution is -2.11. The molecule has 0 saturated carbocycles. The maximum atomic E-state index is 9.09. The molecule has 1 aliphatic rings. The highest BCUT2D eigenvalue weighted by molar-refractivity contribution is 8.23. The third-order valence-electron chi connectivity index (χ3n) is 3.96. The molecule has 1 heterocycles. The van der Waals surface area contributed by atoms with Gasteiger partial charge in [0.1, 0.15) is 4.75 Å².